The quantitative estimate of drug-likeness (QED) is 0.884. The van der Waals surface area contributed by atoms with Crippen LogP contribution in [0, 0.1) is 0 Å². The minimum absolute atomic E-state index is 0.00572. The van der Waals surface area contributed by atoms with Gasteiger partial charge in [0.1, 0.15) is 12.3 Å². The van der Waals surface area contributed by atoms with E-state index >= 15 is 0 Å². The molecule has 0 radical (unpaired) electrons. The minimum atomic E-state index is -0.200. The summed E-state index contributed by atoms with van der Waals surface area (Å²) in [7, 11) is 3.89. The Hall–Kier alpha value is -2.08. The third-order valence-corrected chi connectivity index (χ3v) is 3.95. The smallest absolute Gasteiger partial charge is 0.265 e. The summed E-state index contributed by atoms with van der Waals surface area (Å²) in [4.78, 5) is 27.8. The molecule has 1 N–H and O–H groups in total. The van der Waals surface area contributed by atoms with Crippen LogP contribution in [-0.4, -0.2) is 57.1 Å². The molecule has 0 unspecified atom stereocenters. The van der Waals surface area contributed by atoms with Crippen molar-refractivity contribution in [3.63, 3.8) is 0 Å². The van der Waals surface area contributed by atoms with Crippen LogP contribution in [0.1, 0.15) is 26.3 Å². The number of rotatable bonds is 5. The summed E-state index contributed by atoms with van der Waals surface area (Å²) in [6.45, 7) is 7.66. The molecule has 2 rings (SSSR count). The van der Waals surface area contributed by atoms with Gasteiger partial charge in [-0.05, 0) is 37.2 Å². The Kier molecular flexibility index (Phi) is 5.49. The van der Waals surface area contributed by atoms with Crippen LogP contribution >= 0.6 is 0 Å². The van der Waals surface area contributed by atoms with E-state index in [9.17, 15) is 9.59 Å². The lowest BCUT2D eigenvalue weighted by Gasteiger charge is -2.30. The lowest BCUT2D eigenvalue weighted by atomic mass is 9.86. The average Bonchev–Trinajstić information content (AvgIpc) is 2.48. The molecule has 1 aromatic rings. The van der Waals surface area contributed by atoms with Crippen LogP contribution in [0.3, 0.4) is 0 Å². The zero-order valence-corrected chi connectivity index (χ0v) is 15.2. The molecule has 6 heteroatoms. The van der Waals surface area contributed by atoms with Crippen molar-refractivity contribution in [2.24, 2.45) is 0 Å². The molecule has 132 valence electrons. The van der Waals surface area contributed by atoms with Crippen molar-refractivity contribution in [2.75, 3.05) is 45.2 Å². The first-order chi connectivity index (χ1) is 11.2. The molecule has 0 aliphatic carbocycles. The first kappa shape index (κ1) is 18.3. The lowest BCUT2D eigenvalue weighted by molar-refractivity contribution is -0.125. The predicted octanol–water partition coefficient (Wildman–Crippen LogP) is 1.39. The zero-order chi connectivity index (χ0) is 17.9. The van der Waals surface area contributed by atoms with E-state index in [1.165, 1.54) is 4.90 Å². The SMILES string of the molecule is CN(C)CCNC(=O)CN1C(=O)COc2cc(C(C)(C)C)ccc21. The Morgan fingerprint density at radius 3 is 2.67 bits per heavy atom. The first-order valence-electron chi connectivity index (χ1n) is 8.17. The number of nitrogens with one attached hydrogen (secondary N) is 1. The number of anilines is 1. The summed E-state index contributed by atoms with van der Waals surface area (Å²) in [6, 6.07) is 5.80. The number of nitrogens with zero attached hydrogens (tertiary/aromatic N) is 2. The van der Waals surface area contributed by atoms with Crippen molar-refractivity contribution in [1.82, 2.24) is 10.2 Å². The van der Waals surface area contributed by atoms with E-state index in [4.69, 9.17) is 4.74 Å². The number of likely N-dealkylation sites (N-methyl/N-ethyl adjacent to an activating group) is 1. The molecule has 0 saturated heterocycles. The Bertz CT molecular complexity index is 620. The number of fused-ring (bicyclic) bond motifs is 1. The summed E-state index contributed by atoms with van der Waals surface area (Å²) >= 11 is 0. The third kappa shape index (κ3) is 4.47. The van der Waals surface area contributed by atoms with Gasteiger partial charge in [-0.2, -0.15) is 0 Å². The second-order valence-corrected chi connectivity index (χ2v) is 7.35. The Morgan fingerprint density at radius 2 is 2.04 bits per heavy atom. The molecule has 0 atom stereocenters. The number of amides is 2. The number of carbonyl (C=O) groups excluding carboxylic acids is 2. The molecule has 2 amide bonds. The van der Waals surface area contributed by atoms with Crippen molar-refractivity contribution in [2.45, 2.75) is 26.2 Å². The maximum absolute atomic E-state index is 12.2. The highest BCUT2D eigenvalue weighted by Gasteiger charge is 2.28. The summed E-state index contributed by atoms with van der Waals surface area (Å²) < 4.78 is 5.57. The molecule has 1 heterocycles. The number of hydrogen-bond acceptors (Lipinski definition) is 4. The fourth-order valence-corrected chi connectivity index (χ4v) is 2.46. The van der Waals surface area contributed by atoms with Crippen molar-refractivity contribution >= 4 is 17.5 Å². The van der Waals surface area contributed by atoms with Gasteiger partial charge in [0.2, 0.25) is 5.91 Å². The monoisotopic (exact) mass is 333 g/mol. The fraction of sp³-hybridized carbons (Fsp3) is 0.556. The van der Waals surface area contributed by atoms with Crippen LogP contribution in [-0.2, 0) is 15.0 Å². The highest BCUT2D eigenvalue weighted by Crippen LogP contribution is 2.36. The molecule has 0 spiro atoms. The van der Waals surface area contributed by atoms with Gasteiger partial charge < -0.3 is 15.0 Å². The van der Waals surface area contributed by atoms with Crippen LogP contribution in [0.5, 0.6) is 5.75 Å². The molecular weight excluding hydrogens is 306 g/mol. The summed E-state index contributed by atoms with van der Waals surface area (Å²) in [5.74, 6) is 0.287. The second-order valence-electron chi connectivity index (χ2n) is 7.35. The van der Waals surface area contributed by atoms with Crippen LogP contribution in [0.15, 0.2) is 18.2 Å². The molecule has 1 aliphatic heterocycles. The van der Waals surface area contributed by atoms with E-state index < -0.39 is 0 Å². The van der Waals surface area contributed by atoms with Crippen molar-refractivity contribution in [3.8, 4) is 5.75 Å². The summed E-state index contributed by atoms with van der Waals surface area (Å²) in [5, 5.41) is 2.83. The van der Waals surface area contributed by atoms with Gasteiger partial charge in [0, 0.05) is 13.1 Å². The van der Waals surface area contributed by atoms with Gasteiger partial charge in [-0.25, -0.2) is 0 Å². The van der Waals surface area contributed by atoms with E-state index in [1.54, 1.807) is 0 Å². The maximum atomic E-state index is 12.2. The van der Waals surface area contributed by atoms with Crippen LogP contribution in [0.2, 0.25) is 0 Å². The predicted molar refractivity (Wildman–Crippen MR) is 94.6 cm³/mol. The lowest BCUT2D eigenvalue weighted by Crippen LogP contribution is -2.46. The minimum Gasteiger partial charge on any atom is -0.482 e. The van der Waals surface area contributed by atoms with Gasteiger partial charge >= 0.3 is 0 Å². The molecule has 1 aromatic carbocycles. The van der Waals surface area contributed by atoms with Gasteiger partial charge in [0.05, 0.1) is 5.69 Å². The van der Waals surface area contributed by atoms with Gasteiger partial charge in [-0.15, -0.1) is 0 Å². The Morgan fingerprint density at radius 1 is 1.33 bits per heavy atom. The van der Waals surface area contributed by atoms with Crippen LogP contribution in [0.4, 0.5) is 5.69 Å². The van der Waals surface area contributed by atoms with Crippen LogP contribution < -0.4 is 15.0 Å². The van der Waals surface area contributed by atoms with E-state index in [-0.39, 0.29) is 30.4 Å². The fourth-order valence-electron chi connectivity index (χ4n) is 2.46. The van der Waals surface area contributed by atoms with E-state index in [1.807, 2.05) is 37.2 Å². The molecule has 0 bridgehead atoms. The van der Waals surface area contributed by atoms with Crippen molar-refractivity contribution in [1.29, 1.82) is 0 Å². The number of benzene rings is 1. The molecule has 0 fully saturated rings. The normalized spacial score (nSPS) is 14.4. The van der Waals surface area contributed by atoms with Crippen LogP contribution in [0.25, 0.3) is 0 Å². The zero-order valence-electron chi connectivity index (χ0n) is 15.2. The Labute approximate surface area is 143 Å². The first-order valence-corrected chi connectivity index (χ1v) is 8.17. The van der Waals surface area contributed by atoms with Crippen molar-refractivity contribution < 1.29 is 14.3 Å². The Balaban J connectivity index is 2.12. The van der Waals surface area contributed by atoms with Gasteiger partial charge in [-0.3, -0.25) is 14.5 Å². The molecule has 0 aromatic heterocycles. The topological polar surface area (TPSA) is 61.9 Å². The van der Waals surface area contributed by atoms with Gasteiger partial charge in [0.25, 0.3) is 5.91 Å². The summed E-state index contributed by atoms with van der Waals surface area (Å²) in [5.41, 5.74) is 1.78. The average molecular weight is 333 g/mol. The standard InChI is InChI=1S/C18H27N3O3/c1-18(2,3)13-6-7-14-15(10-13)24-12-17(23)21(14)11-16(22)19-8-9-20(4)5/h6-7,10H,8-9,11-12H2,1-5H3,(H,19,22). The highest BCUT2D eigenvalue weighted by atomic mass is 16.5. The molecule has 24 heavy (non-hydrogen) atoms. The maximum Gasteiger partial charge on any atom is 0.265 e. The van der Waals surface area contributed by atoms with E-state index in [0.29, 0.717) is 18.0 Å². The van der Waals surface area contributed by atoms with Gasteiger partial charge in [-0.1, -0.05) is 26.8 Å². The molecule has 1 aliphatic rings. The molecular formula is C18H27N3O3. The van der Waals surface area contributed by atoms with E-state index in [2.05, 4.69) is 26.1 Å². The largest absolute Gasteiger partial charge is 0.482 e. The number of ether oxygens (including phenoxy) is 1. The molecule has 6 nitrogen and oxygen atoms in total. The molecule has 0 saturated carbocycles. The van der Waals surface area contributed by atoms with E-state index in [0.717, 1.165) is 12.1 Å². The number of carbonyl (C=O) groups is 2. The highest BCUT2D eigenvalue weighted by molar-refractivity contribution is 6.02. The third-order valence-electron chi connectivity index (χ3n) is 3.95. The van der Waals surface area contributed by atoms with Gasteiger partial charge in [0.15, 0.2) is 6.61 Å². The van der Waals surface area contributed by atoms with Crippen molar-refractivity contribution in [3.05, 3.63) is 23.8 Å². The summed E-state index contributed by atoms with van der Waals surface area (Å²) in [6.07, 6.45) is 0. The second kappa shape index (κ2) is 7.21. The number of hydrogen-bond donors (Lipinski definition) is 1.